The molecule has 1 amide bonds. The normalized spacial score (nSPS) is 14.7. The van der Waals surface area contributed by atoms with E-state index in [1.807, 2.05) is 6.20 Å². The van der Waals surface area contributed by atoms with Gasteiger partial charge in [0.05, 0.1) is 12.0 Å². The van der Waals surface area contributed by atoms with E-state index < -0.39 is 0 Å². The summed E-state index contributed by atoms with van der Waals surface area (Å²) in [5.74, 6) is 0.117. The predicted molar refractivity (Wildman–Crippen MR) is 70.0 cm³/mol. The number of carbonyl (C=O) groups excluding carboxylic acids is 1. The minimum atomic E-state index is 0.117. The van der Waals surface area contributed by atoms with E-state index >= 15 is 0 Å². The van der Waals surface area contributed by atoms with Gasteiger partial charge in [0.2, 0.25) is 5.91 Å². The molecule has 5 heteroatoms. The molecule has 1 aromatic heterocycles. The molecule has 0 bridgehead atoms. The Labute approximate surface area is 108 Å². The lowest BCUT2D eigenvalue weighted by Crippen LogP contribution is -2.25. The van der Waals surface area contributed by atoms with Crippen LogP contribution in [0.4, 0.5) is 0 Å². The topological polar surface area (TPSA) is 59.0 Å². The third-order valence-electron chi connectivity index (χ3n) is 3.10. The smallest absolute Gasteiger partial charge is 0.221 e. The lowest BCUT2D eigenvalue weighted by molar-refractivity contribution is -0.121. The summed E-state index contributed by atoms with van der Waals surface area (Å²) >= 11 is 0. The first-order valence-corrected chi connectivity index (χ1v) is 6.78. The number of carbonyl (C=O) groups is 1. The highest BCUT2D eigenvalue weighted by Crippen LogP contribution is 2.19. The molecule has 1 saturated carbocycles. The van der Waals surface area contributed by atoms with Gasteiger partial charge in [-0.15, -0.1) is 0 Å². The molecular formula is C13H22N4O. The van der Waals surface area contributed by atoms with E-state index in [2.05, 4.69) is 27.1 Å². The van der Waals surface area contributed by atoms with Crippen molar-refractivity contribution in [3.8, 4) is 0 Å². The minimum Gasteiger partial charge on any atom is -0.356 e. The van der Waals surface area contributed by atoms with Crippen LogP contribution in [0.5, 0.6) is 0 Å². The zero-order valence-corrected chi connectivity index (χ0v) is 11.0. The van der Waals surface area contributed by atoms with E-state index in [4.69, 9.17) is 0 Å². The molecule has 0 aromatic carbocycles. The summed E-state index contributed by atoms with van der Waals surface area (Å²) in [7, 11) is 0. The molecule has 0 aliphatic heterocycles. The van der Waals surface area contributed by atoms with Crippen molar-refractivity contribution in [2.75, 3.05) is 6.54 Å². The summed E-state index contributed by atoms with van der Waals surface area (Å²) in [5, 5.41) is 6.35. The molecular weight excluding hydrogens is 228 g/mol. The molecule has 2 N–H and O–H groups in total. The summed E-state index contributed by atoms with van der Waals surface area (Å²) < 4.78 is 2.06. The van der Waals surface area contributed by atoms with Crippen molar-refractivity contribution in [1.82, 2.24) is 20.2 Å². The molecule has 0 unspecified atom stereocenters. The Balaban J connectivity index is 1.73. The van der Waals surface area contributed by atoms with E-state index in [9.17, 15) is 4.79 Å². The number of hydrogen-bond acceptors (Lipinski definition) is 3. The Morgan fingerprint density at radius 1 is 1.56 bits per heavy atom. The van der Waals surface area contributed by atoms with Crippen LogP contribution in [-0.4, -0.2) is 28.0 Å². The molecule has 0 spiro atoms. The molecule has 18 heavy (non-hydrogen) atoms. The van der Waals surface area contributed by atoms with Crippen molar-refractivity contribution < 1.29 is 4.79 Å². The van der Waals surface area contributed by atoms with E-state index in [1.54, 1.807) is 6.33 Å². The van der Waals surface area contributed by atoms with Gasteiger partial charge < -0.3 is 15.2 Å². The Morgan fingerprint density at radius 2 is 2.39 bits per heavy atom. The quantitative estimate of drug-likeness (QED) is 0.725. The maximum atomic E-state index is 11.5. The first kappa shape index (κ1) is 13.1. The van der Waals surface area contributed by atoms with Crippen LogP contribution >= 0.6 is 0 Å². The molecule has 5 nitrogen and oxygen atoms in total. The predicted octanol–water partition coefficient (Wildman–Crippen LogP) is 1.05. The highest BCUT2D eigenvalue weighted by Gasteiger charge is 2.20. The van der Waals surface area contributed by atoms with Crippen LogP contribution in [0.1, 0.15) is 38.3 Å². The summed E-state index contributed by atoms with van der Waals surface area (Å²) in [4.78, 5) is 15.7. The van der Waals surface area contributed by atoms with E-state index in [0.717, 1.165) is 25.2 Å². The van der Waals surface area contributed by atoms with Crippen molar-refractivity contribution in [3.05, 3.63) is 18.2 Å². The lowest BCUT2D eigenvalue weighted by Gasteiger charge is -2.09. The first-order chi connectivity index (χ1) is 8.79. The number of rotatable bonds is 8. The summed E-state index contributed by atoms with van der Waals surface area (Å²) in [6, 6.07) is 0.696. The Hall–Kier alpha value is -1.36. The van der Waals surface area contributed by atoms with E-state index in [0.29, 0.717) is 19.0 Å². The highest BCUT2D eigenvalue weighted by molar-refractivity contribution is 5.75. The molecule has 2 rings (SSSR count). The molecule has 1 aromatic rings. The fourth-order valence-electron chi connectivity index (χ4n) is 1.81. The fraction of sp³-hybridized carbons (Fsp3) is 0.692. The highest BCUT2D eigenvalue weighted by atomic mass is 16.1. The molecule has 1 aliphatic carbocycles. The largest absolute Gasteiger partial charge is 0.356 e. The molecule has 1 aliphatic rings. The fourth-order valence-corrected chi connectivity index (χ4v) is 1.81. The second kappa shape index (κ2) is 6.54. The van der Waals surface area contributed by atoms with Gasteiger partial charge >= 0.3 is 0 Å². The number of imidazole rings is 1. The zero-order chi connectivity index (χ0) is 12.8. The molecule has 0 radical (unpaired) electrons. The third kappa shape index (κ3) is 4.14. The number of nitrogens with zero attached hydrogens (tertiary/aromatic N) is 2. The van der Waals surface area contributed by atoms with Gasteiger partial charge in [-0.05, 0) is 19.3 Å². The first-order valence-electron chi connectivity index (χ1n) is 6.78. The van der Waals surface area contributed by atoms with Crippen LogP contribution in [0.25, 0.3) is 0 Å². The van der Waals surface area contributed by atoms with Gasteiger partial charge in [-0.2, -0.15) is 0 Å². The Bertz CT molecular complexity index is 384. The van der Waals surface area contributed by atoms with Gasteiger partial charge in [-0.1, -0.05) is 6.92 Å². The number of aromatic nitrogens is 2. The maximum absolute atomic E-state index is 11.5. The van der Waals surface area contributed by atoms with Crippen LogP contribution in [0, 0.1) is 0 Å². The van der Waals surface area contributed by atoms with Crippen LogP contribution in [-0.2, 0) is 17.9 Å². The monoisotopic (exact) mass is 250 g/mol. The zero-order valence-electron chi connectivity index (χ0n) is 11.0. The molecule has 0 atom stereocenters. The van der Waals surface area contributed by atoms with Crippen LogP contribution in [0.15, 0.2) is 12.5 Å². The van der Waals surface area contributed by atoms with Gasteiger partial charge in [0.25, 0.3) is 0 Å². The second-order valence-electron chi connectivity index (χ2n) is 4.83. The van der Waals surface area contributed by atoms with E-state index in [1.165, 1.54) is 12.8 Å². The maximum Gasteiger partial charge on any atom is 0.221 e. The molecule has 100 valence electrons. The lowest BCUT2D eigenvalue weighted by atomic mass is 10.3. The van der Waals surface area contributed by atoms with Gasteiger partial charge in [-0.25, -0.2) is 4.98 Å². The van der Waals surface area contributed by atoms with Crippen LogP contribution in [0.3, 0.4) is 0 Å². The average molecular weight is 250 g/mol. The van der Waals surface area contributed by atoms with Gasteiger partial charge in [0.15, 0.2) is 0 Å². The van der Waals surface area contributed by atoms with Crippen molar-refractivity contribution in [1.29, 1.82) is 0 Å². The Kier molecular flexibility index (Phi) is 4.75. The minimum absolute atomic E-state index is 0.117. The Morgan fingerprint density at radius 3 is 3.11 bits per heavy atom. The van der Waals surface area contributed by atoms with Crippen LogP contribution < -0.4 is 10.6 Å². The van der Waals surface area contributed by atoms with Crippen molar-refractivity contribution in [2.45, 2.75) is 51.7 Å². The summed E-state index contributed by atoms with van der Waals surface area (Å²) in [6.07, 6.45) is 7.75. The number of amides is 1. The van der Waals surface area contributed by atoms with Crippen molar-refractivity contribution in [3.63, 3.8) is 0 Å². The van der Waals surface area contributed by atoms with Gasteiger partial charge in [-0.3, -0.25) is 4.79 Å². The van der Waals surface area contributed by atoms with Crippen molar-refractivity contribution >= 4 is 5.91 Å². The summed E-state index contributed by atoms with van der Waals surface area (Å²) in [6.45, 7) is 4.37. The average Bonchev–Trinajstić information content (AvgIpc) is 3.10. The van der Waals surface area contributed by atoms with Gasteiger partial charge in [0.1, 0.15) is 0 Å². The molecule has 1 heterocycles. The molecule has 0 saturated heterocycles. The van der Waals surface area contributed by atoms with Gasteiger partial charge in [0, 0.05) is 38.3 Å². The standard InChI is InChI=1S/C13H22N4O/c1-2-6-15-13(18)5-7-17-10-14-8-12(17)9-16-11-3-4-11/h8,10-11,16H,2-7,9H2,1H3,(H,15,18). The van der Waals surface area contributed by atoms with Crippen molar-refractivity contribution in [2.24, 2.45) is 0 Å². The number of nitrogens with one attached hydrogen (secondary N) is 2. The summed E-state index contributed by atoms with van der Waals surface area (Å²) in [5.41, 5.74) is 1.16. The molecule has 1 fully saturated rings. The number of hydrogen-bond donors (Lipinski definition) is 2. The van der Waals surface area contributed by atoms with Crippen LogP contribution in [0.2, 0.25) is 0 Å². The second-order valence-corrected chi connectivity index (χ2v) is 4.83. The third-order valence-corrected chi connectivity index (χ3v) is 3.10. The van der Waals surface area contributed by atoms with E-state index in [-0.39, 0.29) is 5.91 Å². The SMILES string of the molecule is CCCNC(=O)CCn1cncc1CNC1CC1. The number of aryl methyl sites for hydroxylation is 1.